The molecular formula is C16H24N3O3S+. The lowest BCUT2D eigenvalue weighted by Crippen LogP contribution is -3.15. The average Bonchev–Trinajstić information content (AvgIpc) is 2.70. The minimum atomic E-state index is -3.51. The molecule has 7 heteroatoms. The summed E-state index contributed by atoms with van der Waals surface area (Å²) in [6.07, 6.45) is 4.21. The van der Waals surface area contributed by atoms with Crippen LogP contribution in [0.15, 0.2) is 29.2 Å². The number of benzene rings is 1. The Morgan fingerprint density at radius 2 is 1.70 bits per heavy atom. The van der Waals surface area contributed by atoms with Crippen LogP contribution < -0.4 is 14.9 Å². The van der Waals surface area contributed by atoms with Crippen LogP contribution in [0, 0.1) is 0 Å². The smallest absolute Gasteiger partial charge is 0.240 e. The van der Waals surface area contributed by atoms with Crippen LogP contribution in [0.4, 0.5) is 5.69 Å². The molecule has 0 spiro atoms. The molecule has 0 radical (unpaired) electrons. The summed E-state index contributed by atoms with van der Waals surface area (Å²) in [5, 5.41) is 2.63. The monoisotopic (exact) mass is 338 g/mol. The molecule has 3 N–H and O–H groups in total. The third kappa shape index (κ3) is 3.57. The van der Waals surface area contributed by atoms with Gasteiger partial charge in [0, 0.05) is 44.3 Å². The van der Waals surface area contributed by atoms with Gasteiger partial charge in [0.2, 0.25) is 15.9 Å². The molecule has 2 aliphatic heterocycles. The van der Waals surface area contributed by atoms with E-state index < -0.39 is 10.0 Å². The minimum absolute atomic E-state index is 0.0243. The van der Waals surface area contributed by atoms with Crippen LogP contribution in [0.1, 0.15) is 32.6 Å². The number of amides is 1. The number of anilines is 1. The van der Waals surface area contributed by atoms with Crippen LogP contribution in [-0.4, -0.2) is 39.5 Å². The molecule has 2 fully saturated rings. The van der Waals surface area contributed by atoms with Gasteiger partial charge in [-0.25, -0.2) is 13.1 Å². The van der Waals surface area contributed by atoms with Gasteiger partial charge in [0.05, 0.1) is 24.0 Å². The molecule has 23 heavy (non-hydrogen) atoms. The molecule has 2 aliphatic rings. The van der Waals surface area contributed by atoms with Crippen molar-refractivity contribution in [1.29, 1.82) is 0 Å². The van der Waals surface area contributed by atoms with Crippen LogP contribution in [0.5, 0.6) is 0 Å². The summed E-state index contributed by atoms with van der Waals surface area (Å²) in [4.78, 5) is 12.8. The number of nitrogens with one attached hydrogen (secondary N) is 3. The molecule has 0 saturated carbocycles. The van der Waals surface area contributed by atoms with Gasteiger partial charge in [-0.05, 0) is 24.3 Å². The number of carbonyl (C=O) groups is 1. The third-order valence-corrected chi connectivity index (χ3v) is 6.63. The number of rotatable bonds is 4. The second kappa shape index (κ2) is 6.22. The van der Waals surface area contributed by atoms with E-state index in [1.165, 1.54) is 31.9 Å². The summed E-state index contributed by atoms with van der Waals surface area (Å²) in [5.74, 6) is -0.178. The summed E-state index contributed by atoms with van der Waals surface area (Å²) < 4.78 is 28.0. The van der Waals surface area contributed by atoms with Crippen molar-refractivity contribution in [1.82, 2.24) is 4.72 Å². The van der Waals surface area contributed by atoms with Gasteiger partial charge in [-0.3, -0.25) is 4.79 Å². The van der Waals surface area contributed by atoms with Crippen LogP contribution in [0.25, 0.3) is 0 Å². The topological polar surface area (TPSA) is 79.7 Å². The lowest BCUT2D eigenvalue weighted by Gasteiger charge is -2.33. The van der Waals surface area contributed by atoms with Crippen molar-refractivity contribution in [3.05, 3.63) is 24.3 Å². The van der Waals surface area contributed by atoms with Gasteiger partial charge in [-0.1, -0.05) is 0 Å². The first kappa shape index (κ1) is 16.4. The Bertz CT molecular complexity index is 673. The van der Waals surface area contributed by atoms with E-state index in [9.17, 15) is 13.2 Å². The summed E-state index contributed by atoms with van der Waals surface area (Å²) in [5.41, 5.74) is 0.595. The predicted octanol–water partition coefficient (Wildman–Crippen LogP) is 0.131. The third-order valence-electron chi connectivity index (χ3n) is 5.10. The van der Waals surface area contributed by atoms with E-state index in [2.05, 4.69) is 17.1 Å². The van der Waals surface area contributed by atoms with Gasteiger partial charge >= 0.3 is 0 Å². The highest BCUT2D eigenvalue weighted by atomic mass is 32.2. The Labute approximate surface area is 137 Å². The zero-order valence-corrected chi connectivity index (χ0v) is 14.3. The van der Waals surface area contributed by atoms with Gasteiger partial charge in [-0.2, -0.15) is 0 Å². The summed E-state index contributed by atoms with van der Waals surface area (Å²) in [6, 6.07) is 7.45. The van der Waals surface area contributed by atoms with Crippen LogP contribution in [-0.2, 0) is 14.8 Å². The Morgan fingerprint density at radius 1 is 1.13 bits per heavy atom. The van der Waals surface area contributed by atoms with E-state index in [0.717, 1.165) is 12.8 Å². The molecule has 2 bridgehead atoms. The molecule has 2 saturated heterocycles. The van der Waals surface area contributed by atoms with E-state index in [-0.39, 0.29) is 16.8 Å². The van der Waals surface area contributed by atoms with Gasteiger partial charge in [0.1, 0.15) is 0 Å². The number of piperidine rings is 1. The van der Waals surface area contributed by atoms with Crippen LogP contribution in [0.2, 0.25) is 0 Å². The number of fused-ring (bicyclic) bond motifs is 2. The van der Waals surface area contributed by atoms with Crippen molar-refractivity contribution in [3.8, 4) is 0 Å². The van der Waals surface area contributed by atoms with Crippen molar-refractivity contribution < 1.29 is 18.1 Å². The van der Waals surface area contributed by atoms with E-state index >= 15 is 0 Å². The molecule has 1 amide bonds. The second-order valence-corrected chi connectivity index (χ2v) is 8.42. The number of sulfonamides is 1. The molecule has 2 unspecified atom stereocenters. The highest BCUT2D eigenvalue weighted by Crippen LogP contribution is 2.24. The average molecular weight is 338 g/mol. The molecule has 0 aromatic heterocycles. The first-order chi connectivity index (χ1) is 10.8. The second-order valence-electron chi connectivity index (χ2n) is 6.71. The van der Waals surface area contributed by atoms with Crippen molar-refractivity contribution in [3.63, 3.8) is 0 Å². The fraction of sp³-hybridized carbons (Fsp3) is 0.562. The first-order valence-corrected chi connectivity index (χ1v) is 9.57. The lowest BCUT2D eigenvalue weighted by atomic mass is 9.99. The lowest BCUT2D eigenvalue weighted by molar-refractivity contribution is -0.922. The van der Waals surface area contributed by atoms with E-state index in [4.69, 9.17) is 0 Å². The first-order valence-electron chi connectivity index (χ1n) is 8.08. The van der Waals surface area contributed by atoms with Crippen LogP contribution >= 0.6 is 0 Å². The largest absolute Gasteiger partial charge is 0.332 e. The van der Waals surface area contributed by atoms with Gasteiger partial charge in [0.25, 0.3) is 0 Å². The highest BCUT2D eigenvalue weighted by Gasteiger charge is 2.43. The maximum absolute atomic E-state index is 12.5. The molecule has 1 aromatic carbocycles. The summed E-state index contributed by atoms with van der Waals surface area (Å²) in [7, 11) is -1.30. The molecule has 6 nitrogen and oxygen atoms in total. The van der Waals surface area contributed by atoms with Gasteiger partial charge in [-0.15, -0.1) is 0 Å². The number of quaternary nitrogens is 1. The van der Waals surface area contributed by atoms with E-state index in [0.29, 0.717) is 17.8 Å². The fourth-order valence-corrected chi connectivity index (χ4v) is 5.15. The molecule has 1 aromatic rings. The van der Waals surface area contributed by atoms with Crippen LogP contribution in [0.3, 0.4) is 0 Å². The zero-order valence-electron chi connectivity index (χ0n) is 13.5. The molecule has 126 valence electrons. The predicted molar refractivity (Wildman–Crippen MR) is 87.8 cm³/mol. The van der Waals surface area contributed by atoms with Gasteiger partial charge < -0.3 is 10.2 Å². The quantitative estimate of drug-likeness (QED) is 0.730. The zero-order chi connectivity index (χ0) is 16.6. The number of carbonyl (C=O) groups excluding carboxylic acids is 1. The highest BCUT2D eigenvalue weighted by molar-refractivity contribution is 7.89. The van der Waals surface area contributed by atoms with Crippen molar-refractivity contribution in [2.45, 2.75) is 55.6 Å². The van der Waals surface area contributed by atoms with Crippen molar-refractivity contribution in [2.75, 3.05) is 12.4 Å². The van der Waals surface area contributed by atoms with E-state index in [1.54, 1.807) is 17.0 Å². The normalized spacial score (nSPS) is 30.2. The van der Waals surface area contributed by atoms with Gasteiger partial charge in [0.15, 0.2) is 0 Å². The summed E-state index contributed by atoms with van der Waals surface area (Å²) in [6.45, 7) is 1.42. The molecular weight excluding hydrogens is 314 g/mol. The van der Waals surface area contributed by atoms with E-state index in [1.807, 2.05) is 0 Å². The number of hydrogen-bond acceptors (Lipinski definition) is 3. The Morgan fingerprint density at radius 3 is 2.22 bits per heavy atom. The minimum Gasteiger partial charge on any atom is -0.332 e. The Hall–Kier alpha value is -1.44. The molecule has 4 atom stereocenters. The fourth-order valence-electron chi connectivity index (χ4n) is 3.89. The molecule has 0 aliphatic carbocycles. The maximum Gasteiger partial charge on any atom is 0.240 e. The summed E-state index contributed by atoms with van der Waals surface area (Å²) >= 11 is 0. The Balaban J connectivity index is 1.68. The standard InChI is InChI=1S/C16H23N3O3S/c1-11(20)17-12-3-7-16(8-4-12)23(21,22)18-13-9-14-5-6-15(10-13)19(14)2/h3-4,7-8,13-15,18H,5-6,9-10H2,1-2H3,(H,17,20)/p+1/t13?,14-,15+. The molecule has 2 heterocycles. The van der Waals surface area contributed by atoms with Crippen molar-refractivity contribution >= 4 is 21.6 Å². The van der Waals surface area contributed by atoms with Crippen molar-refractivity contribution in [2.24, 2.45) is 0 Å². The molecule has 3 rings (SSSR count). The number of hydrogen-bond donors (Lipinski definition) is 3. The Kier molecular flexibility index (Phi) is 4.44. The maximum atomic E-state index is 12.5. The SMILES string of the molecule is CC(=O)Nc1ccc(S(=O)(=O)NC2C[C@H]3CC[C@@H](C2)[NH+]3C)cc1.